The Morgan fingerprint density at radius 1 is 0.783 bits per heavy atom. The third-order valence-corrected chi connectivity index (χ3v) is 11.1. The van der Waals surface area contributed by atoms with Gasteiger partial charge in [-0.15, -0.1) is 0 Å². The van der Waals surface area contributed by atoms with Gasteiger partial charge in [-0.25, -0.2) is 9.59 Å². The predicted octanol–water partition coefficient (Wildman–Crippen LogP) is 6.33. The van der Waals surface area contributed by atoms with E-state index in [-0.39, 0.29) is 18.9 Å². The maximum absolute atomic E-state index is 14.6. The SMILES string of the molecule is Cc1ncccc1CN1CCN([C@H](C(=O)N[C@@H](Cc2ccccc2)[C@@H](O)C[C@H](Cc2ccc(-c3ccccn3)cc2)NC(=O)[C@@H](N(C)C(=O)O)C(C)(C)C)C(C)(C)C)C1=O. The Bertz CT molecular complexity index is 2070. The molecule has 0 aliphatic carbocycles. The van der Waals surface area contributed by atoms with Crippen LogP contribution in [0.4, 0.5) is 9.59 Å². The number of rotatable bonds is 16. The molecular formula is C47H61N7O6. The Kier molecular flexibility index (Phi) is 14.7. The maximum atomic E-state index is 14.6. The van der Waals surface area contributed by atoms with Crippen molar-refractivity contribution in [3.63, 3.8) is 0 Å². The summed E-state index contributed by atoms with van der Waals surface area (Å²) in [5.41, 5.74) is 3.84. The Morgan fingerprint density at radius 2 is 1.43 bits per heavy atom. The summed E-state index contributed by atoms with van der Waals surface area (Å²) in [6, 6.07) is 23.2. The van der Waals surface area contributed by atoms with Crippen molar-refractivity contribution in [2.75, 3.05) is 20.1 Å². The minimum absolute atomic E-state index is 0.0280. The summed E-state index contributed by atoms with van der Waals surface area (Å²) < 4.78 is 0. The second-order valence-corrected chi connectivity index (χ2v) is 18.0. The summed E-state index contributed by atoms with van der Waals surface area (Å²) in [5, 5.41) is 28.4. The molecule has 1 aliphatic heterocycles. The minimum atomic E-state index is -1.24. The average molecular weight is 820 g/mol. The van der Waals surface area contributed by atoms with Gasteiger partial charge >= 0.3 is 12.1 Å². The third kappa shape index (κ3) is 11.7. The highest BCUT2D eigenvalue weighted by Gasteiger charge is 2.45. The van der Waals surface area contributed by atoms with Gasteiger partial charge in [-0.1, -0.05) is 108 Å². The van der Waals surface area contributed by atoms with Gasteiger partial charge in [0.2, 0.25) is 11.8 Å². The molecule has 2 aromatic heterocycles. The summed E-state index contributed by atoms with van der Waals surface area (Å²) >= 11 is 0. The van der Waals surface area contributed by atoms with E-state index in [1.165, 1.54) is 7.05 Å². The number of nitrogens with one attached hydrogen (secondary N) is 2. The lowest BCUT2D eigenvalue weighted by atomic mass is 9.84. The first kappa shape index (κ1) is 45.3. The number of pyridine rings is 2. The van der Waals surface area contributed by atoms with Crippen molar-refractivity contribution in [2.45, 2.75) is 105 Å². The zero-order valence-corrected chi connectivity index (χ0v) is 36.1. The molecule has 0 saturated carbocycles. The molecule has 1 saturated heterocycles. The molecule has 5 rings (SSSR count). The lowest BCUT2D eigenvalue weighted by Crippen LogP contribution is -2.59. The van der Waals surface area contributed by atoms with Gasteiger partial charge in [0.25, 0.3) is 0 Å². The van der Waals surface area contributed by atoms with Crippen LogP contribution < -0.4 is 10.6 Å². The molecular weight excluding hydrogens is 759 g/mol. The maximum Gasteiger partial charge on any atom is 0.407 e. The van der Waals surface area contributed by atoms with Crippen LogP contribution in [0.25, 0.3) is 11.3 Å². The average Bonchev–Trinajstić information content (AvgIpc) is 3.53. The highest BCUT2D eigenvalue weighted by Crippen LogP contribution is 2.30. The van der Waals surface area contributed by atoms with Gasteiger partial charge < -0.3 is 30.6 Å². The molecule has 3 heterocycles. The fourth-order valence-corrected chi connectivity index (χ4v) is 8.11. The number of hydrogen-bond acceptors (Lipinski definition) is 7. The van der Waals surface area contributed by atoms with Crippen LogP contribution in [0.5, 0.6) is 0 Å². The van der Waals surface area contributed by atoms with E-state index < -0.39 is 59.0 Å². The first-order chi connectivity index (χ1) is 28.3. The number of aliphatic hydroxyl groups is 1. The number of hydrogen-bond donors (Lipinski definition) is 4. The van der Waals surface area contributed by atoms with Crippen molar-refractivity contribution >= 4 is 23.9 Å². The lowest BCUT2D eigenvalue weighted by Gasteiger charge is -2.38. The first-order valence-corrected chi connectivity index (χ1v) is 20.6. The number of aryl methyl sites for hydroxylation is 1. The van der Waals surface area contributed by atoms with E-state index in [0.717, 1.165) is 38.5 Å². The number of benzene rings is 2. The van der Waals surface area contributed by atoms with Crippen molar-refractivity contribution in [1.29, 1.82) is 0 Å². The smallest absolute Gasteiger partial charge is 0.407 e. The third-order valence-electron chi connectivity index (χ3n) is 11.1. The van der Waals surface area contributed by atoms with E-state index in [0.29, 0.717) is 26.1 Å². The lowest BCUT2D eigenvalue weighted by molar-refractivity contribution is -0.131. The van der Waals surface area contributed by atoms with Crippen LogP contribution >= 0.6 is 0 Å². The van der Waals surface area contributed by atoms with E-state index >= 15 is 0 Å². The molecule has 1 aliphatic rings. The monoisotopic (exact) mass is 819 g/mol. The molecule has 60 heavy (non-hydrogen) atoms. The largest absolute Gasteiger partial charge is 0.465 e. The molecule has 1 fully saturated rings. The predicted molar refractivity (Wildman–Crippen MR) is 232 cm³/mol. The van der Waals surface area contributed by atoms with E-state index in [2.05, 4.69) is 20.6 Å². The van der Waals surface area contributed by atoms with Crippen LogP contribution in [-0.4, -0.2) is 109 Å². The van der Waals surface area contributed by atoms with Gasteiger partial charge in [0.05, 0.1) is 17.8 Å². The van der Waals surface area contributed by atoms with Crippen LogP contribution in [0.2, 0.25) is 0 Å². The molecule has 5 amide bonds. The number of carbonyl (C=O) groups excluding carboxylic acids is 3. The molecule has 0 radical (unpaired) electrons. The molecule has 4 N–H and O–H groups in total. The van der Waals surface area contributed by atoms with Gasteiger partial charge in [0.15, 0.2) is 0 Å². The van der Waals surface area contributed by atoms with Crippen molar-refractivity contribution in [3.8, 4) is 11.3 Å². The van der Waals surface area contributed by atoms with Crippen LogP contribution in [0.15, 0.2) is 97.3 Å². The van der Waals surface area contributed by atoms with Gasteiger partial charge in [0.1, 0.15) is 12.1 Å². The van der Waals surface area contributed by atoms with Crippen LogP contribution in [0.1, 0.15) is 70.3 Å². The minimum Gasteiger partial charge on any atom is -0.465 e. The number of carbonyl (C=O) groups is 4. The van der Waals surface area contributed by atoms with Gasteiger partial charge in [-0.2, -0.15) is 0 Å². The standard InChI is InChI=1S/C47H61N7O6/c1-31-35(17-14-24-48-31)30-53-25-26-54(44(53)58)41(47(5,6)7)43(57)51-38(28-32-15-10-9-11-16-32)39(55)29-36(50-42(56)40(46(2,3)4)52(8)45(59)60)27-33-19-21-34(22-20-33)37-18-12-13-23-49-37/h9-24,36,38-41,55H,25-30H2,1-8H3,(H,50,56)(H,51,57)(H,59,60)/t36-,38-,39-,40+,41+/m0/s1. The molecule has 320 valence electrons. The fourth-order valence-electron chi connectivity index (χ4n) is 8.11. The van der Waals surface area contributed by atoms with Gasteiger partial charge in [-0.05, 0) is 71.9 Å². The number of amides is 5. The summed E-state index contributed by atoms with van der Waals surface area (Å²) in [5.74, 6) is -0.887. The topological polar surface area (TPSA) is 168 Å². The number of aromatic nitrogens is 2. The van der Waals surface area contributed by atoms with E-state index in [9.17, 15) is 29.4 Å². The van der Waals surface area contributed by atoms with Crippen LogP contribution in [0.3, 0.4) is 0 Å². The summed E-state index contributed by atoms with van der Waals surface area (Å²) in [6.45, 7) is 14.3. The van der Waals surface area contributed by atoms with E-state index in [1.54, 1.807) is 43.0 Å². The van der Waals surface area contributed by atoms with Crippen molar-refractivity contribution in [3.05, 3.63) is 120 Å². The molecule has 2 aromatic carbocycles. The number of carboxylic acid groups (broad SMARTS) is 1. The van der Waals surface area contributed by atoms with E-state index in [1.807, 2.05) is 113 Å². The molecule has 13 heteroatoms. The first-order valence-electron chi connectivity index (χ1n) is 20.6. The van der Waals surface area contributed by atoms with Gasteiger partial charge in [-0.3, -0.25) is 24.5 Å². The van der Waals surface area contributed by atoms with Gasteiger partial charge in [0, 0.05) is 56.4 Å². The zero-order valence-electron chi connectivity index (χ0n) is 36.1. The number of likely N-dealkylation sites (N-methyl/N-ethyl adjacent to an activating group) is 1. The summed E-state index contributed by atoms with van der Waals surface area (Å²) in [4.78, 5) is 68.0. The Labute approximate surface area is 354 Å². The Morgan fingerprint density at radius 3 is 2.03 bits per heavy atom. The fraction of sp³-hybridized carbons (Fsp3) is 0.447. The molecule has 0 spiro atoms. The van der Waals surface area contributed by atoms with Crippen molar-refractivity contribution in [2.24, 2.45) is 10.8 Å². The summed E-state index contributed by atoms with van der Waals surface area (Å²) in [7, 11) is 1.37. The normalized spacial score (nSPS) is 15.8. The number of aliphatic hydroxyl groups excluding tert-OH is 1. The van der Waals surface area contributed by atoms with Crippen LogP contribution in [0, 0.1) is 17.8 Å². The van der Waals surface area contributed by atoms with Crippen LogP contribution in [-0.2, 0) is 29.0 Å². The molecule has 5 atom stereocenters. The summed E-state index contributed by atoms with van der Waals surface area (Å²) in [6.07, 6.45) is 1.65. The molecule has 13 nitrogen and oxygen atoms in total. The quantitative estimate of drug-likeness (QED) is 0.102. The number of nitrogens with zero attached hydrogens (tertiary/aromatic N) is 5. The molecule has 0 bridgehead atoms. The van der Waals surface area contributed by atoms with E-state index in [4.69, 9.17) is 0 Å². The molecule has 0 unspecified atom stereocenters. The second-order valence-electron chi connectivity index (χ2n) is 18.0. The van der Waals surface area contributed by atoms with Crippen molar-refractivity contribution < 1.29 is 29.4 Å². The Hall–Kier alpha value is -5.82. The number of urea groups is 1. The zero-order chi connectivity index (χ0) is 43.8. The highest BCUT2D eigenvalue weighted by molar-refractivity contribution is 5.89. The Balaban J connectivity index is 1.43. The molecule has 4 aromatic rings. The van der Waals surface area contributed by atoms with Crippen molar-refractivity contribution in [1.82, 2.24) is 35.3 Å². The highest BCUT2D eigenvalue weighted by atomic mass is 16.4. The second kappa shape index (κ2) is 19.5.